The molecule has 3 aromatic rings. The largest absolute Gasteiger partial charge is 0.206 e. The third-order valence-electron chi connectivity index (χ3n) is 7.67. The molecule has 0 saturated heterocycles. The van der Waals surface area contributed by atoms with Gasteiger partial charge in [-0.05, 0) is 97.9 Å². The van der Waals surface area contributed by atoms with Gasteiger partial charge in [0.2, 0.25) is 0 Å². The fraction of sp³-hybridized carbons (Fsp3) is 0.353. The maximum absolute atomic E-state index is 14.9. The Morgan fingerprint density at radius 2 is 1.63 bits per heavy atom. The molecule has 1 fully saturated rings. The summed E-state index contributed by atoms with van der Waals surface area (Å²) in [5, 5.41) is 0. The highest BCUT2D eigenvalue weighted by atomic mass is 19.1. The van der Waals surface area contributed by atoms with Crippen LogP contribution in [0.3, 0.4) is 0 Å². The summed E-state index contributed by atoms with van der Waals surface area (Å²) in [6.07, 6.45) is 16.4. The molecular weight excluding hydrogens is 427 g/mol. The van der Waals surface area contributed by atoms with Gasteiger partial charge in [-0.1, -0.05) is 98.0 Å². The molecule has 1 heteroatoms. The summed E-state index contributed by atoms with van der Waals surface area (Å²) in [7, 11) is 0. The highest BCUT2D eigenvalue weighted by molar-refractivity contribution is 5.70. The first-order valence-corrected chi connectivity index (χ1v) is 13.3. The van der Waals surface area contributed by atoms with E-state index in [1.54, 1.807) is 6.07 Å². The average Bonchev–Trinajstić information content (AvgIpc) is 2.90. The molecule has 0 nitrogen and oxygen atoms in total. The molecule has 182 valence electrons. The van der Waals surface area contributed by atoms with Crippen LogP contribution >= 0.6 is 0 Å². The lowest BCUT2D eigenvalue weighted by atomic mass is 9.75. The highest BCUT2D eigenvalue weighted by Crippen LogP contribution is 2.40. The maximum Gasteiger partial charge on any atom is 0.130 e. The zero-order chi connectivity index (χ0) is 24.5. The highest BCUT2D eigenvalue weighted by Gasteiger charge is 2.24. The summed E-state index contributed by atoms with van der Waals surface area (Å²) in [5.74, 6) is 1.76. The Kier molecular flexibility index (Phi) is 9.12. The summed E-state index contributed by atoms with van der Waals surface area (Å²) >= 11 is 0. The standard InChI is InChI=1S/C34H39F/c1-3-4-6-9-27-12-14-28(15-13-27)16-21-32-22-23-33(25-34(32)35)31-19-17-29(18-20-31)24-26(2)30-10-7-5-8-11-30/h3-5,7-8,10-16,21-23,25-26,29,31H,6,9,17-20,24H2,1-2H3/t26-,29?,31?/m0/s1. The SMILES string of the molecule is CC=CCCc1ccc(C=Cc2ccc(C3CCC(C[C@H](C)c4ccccc4)CC3)cc2F)cc1. The van der Waals surface area contributed by atoms with Crippen molar-refractivity contribution in [1.82, 2.24) is 0 Å². The number of hydrogen-bond donors (Lipinski definition) is 0. The average molecular weight is 467 g/mol. The number of aryl methyl sites for hydroxylation is 1. The van der Waals surface area contributed by atoms with Gasteiger partial charge in [0.05, 0.1) is 0 Å². The van der Waals surface area contributed by atoms with Gasteiger partial charge in [-0.15, -0.1) is 0 Å². The Labute approximate surface area is 211 Å². The maximum atomic E-state index is 14.9. The van der Waals surface area contributed by atoms with Gasteiger partial charge < -0.3 is 0 Å². The van der Waals surface area contributed by atoms with E-state index >= 15 is 0 Å². The molecule has 0 N–H and O–H groups in total. The molecule has 0 spiro atoms. The molecule has 0 heterocycles. The fourth-order valence-corrected chi connectivity index (χ4v) is 5.48. The Morgan fingerprint density at radius 1 is 0.886 bits per heavy atom. The topological polar surface area (TPSA) is 0 Å². The Morgan fingerprint density at radius 3 is 2.31 bits per heavy atom. The van der Waals surface area contributed by atoms with Gasteiger partial charge >= 0.3 is 0 Å². The minimum atomic E-state index is -0.110. The van der Waals surface area contributed by atoms with Crippen molar-refractivity contribution in [3.63, 3.8) is 0 Å². The van der Waals surface area contributed by atoms with Crippen LogP contribution in [0.5, 0.6) is 0 Å². The van der Waals surface area contributed by atoms with Crippen molar-refractivity contribution >= 4 is 12.2 Å². The number of rotatable bonds is 9. The minimum absolute atomic E-state index is 0.110. The predicted octanol–water partition coefficient (Wildman–Crippen LogP) is 9.97. The Balaban J connectivity index is 1.30. The van der Waals surface area contributed by atoms with Crippen molar-refractivity contribution in [2.24, 2.45) is 5.92 Å². The van der Waals surface area contributed by atoms with Crippen LogP contribution < -0.4 is 0 Å². The molecule has 35 heavy (non-hydrogen) atoms. The quantitative estimate of drug-likeness (QED) is 0.217. The minimum Gasteiger partial charge on any atom is -0.206 e. The van der Waals surface area contributed by atoms with Crippen molar-refractivity contribution in [2.75, 3.05) is 0 Å². The smallest absolute Gasteiger partial charge is 0.130 e. The van der Waals surface area contributed by atoms with E-state index in [0.29, 0.717) is 17.4 Å². The molecular formula is C34H39F. The summed E-state index contributed by atoms with van der Waals surface area (Å²) < 4.78 is 14.9. The van der Waals surface area contributed by atoms with Crippen LogP contribution in [0, 0.1) is 11.7 Å². The van der Waals surface area contributed by atoms with Crippen LogP contribution in [0.1, 0.15) is 92.0 Å². The molecule has 0 amide bonds. The van der Waals surface area contributed by atoms with Crippen molar-refractivity contribution in [2.45, 2.75) is 70.6 Å². The first-order valence-electron chi connectivity index (χ1n) is 13.3. The van der Waals surface area contributed by atoms with Crippen LogP contribution in [-0.2, 0) is 6.42 Å². The van der Waals surface area contributed by atoms with E-state index < -0.39 is 0 Å². The molecule has 0 aliphatic heterocycles. The zero-order valence-corrected chi connectivity index (χ0v) is 21.3. The number of allylic oxidation sites excluding steroid dienone is 2. The van der Waals surface area contributed by atoms with Crippen LogP contribution in [-0.4, -0.2) is 0 Å². The second-order valence-corrected chi connectivity index (χ2v) is 10.2. The lowest BCUT2D eigenvalue weighted by Gasteiger charge is -2.30. The number of halogens is 1. The second-order valence-electron chi connectivity index (χ2n) is 10.2. The molecule has 1 atom stereocenters. The molecule has 3 aromatic carbocycles. The van der Waals surface area contributed by atoms with Gasteiger partial charge in [0, 0.05) is 5.56 Å². The van der Waals surface area contributed by atoms with E-state index in [0.717, 1.165) is 24.3 Å². The lowest BCUT2D eigenvalue weighted by Crippen LogP contribution is -2.15. The summed E-state index contributed by atoms with van der Waals surface area (Å²) in [5.41, 5.74) is 5.71. The van der Waals surface area contributed by atoms with Crippen LogP contribution in [0.4, 0.5) is 4.39 Å². The molecule has 0 aromatic heterocycles. The van der Waals surface area contributed by atoms with Crippen LogP contribution in [0.15, 0.2) is 84.9 Å². The number of hydrogen-bond acceptors (Lipinski definition) is 0. The number of benzene rings is 3. The Hall–Kier alpha value is -2.93. The summed E-state index contributed by atoms with van der Waals surface area (Å²) in [6, 6.07) is 25.3. The van der Waals surface area contributed by atoms with Crippen molar-refractivity contribution in [3.05, 3.63) is 119 Å². The molecule has 0 unspecified atom stereocenters. The van der Waals surface area contributed by atoms with Gasteiger partial charge in [0.1, 0.15) is 5.82 Å². The zero-order valence-electron chi connectivity index (χ0n) is 21.3. The normalized spacial score (nSPS) is 19.4. The Bertz CT molecular complexity index is 1100. The molecule has 0 radical (unpaired) electrons. The van der Waals surface area contributed by atoms with E-state index in [9.17, 15) is 4.39 Å². The summed E-state index contributed by atoms with van der Waals surface area (Å²) in [6.45, 7) is 4.40. The molecule has 1 aliphatic rings. The predicted molar refractivity (Wildman–Crippen MR) is 149 cm³/mol. The monoisotopic (exact) mass is 466 g/mol. The summed E-state index contributed by atoms with van der Waals surface area (Å²) in [4.78, 5) is 0. The van der Waals surface area contributed by atoms with E-state index in [-0.39, 0.29) is 5.82 Å². The molecule has 0 bridgehead atoms. The van der Waals surface area contributed by atoms with E-state index in [1.165, 1.54) is 48.8 Å². The van der Waals surface area contributed by atoms with Gasteiger partial charge in [-0.2, -0.15) is 0 Å². The first-order chi connectivity index (χ1) is 17.1. The third-order valence-corrected chi connectivity index (χ3v) is 7.67. The van der Waals surface area contributed by atoms with Gasteiger partial charge in [0.25, 0.3) is 0 Å². The van der Waals surface area contributed by atoms with Crippen LogP contribution in [0.25, 0.3) is 12.2 Å². The van der Waals surface area contributed by atoms with Gasteiger partial charge in [-0.3, -0.25) is 0 Å². The van der Waals surface area contributed by atoms with E-state index in [2.05, 4.69) is 86.7 Å². The molecule has 1 aliphatic carbocycles. The van der Waals surface area contributed by atoms with Gasteiger partial charge in [0.15, 0.2) is 0 Å². The van der Waals surface area contributed by atoms with Crippen LogP contribution in [0.2, 0.25) is 0 Å². The van der Waals surface area contributed by atoms with Crippen molar-refractivity contribution in [3.8, 4) is 0 Å². The van der Waals surface area contributed by atoms with Crippen molar-refractivity contribution < 1.29 is 4.39 Å². The lowest BCUT2D eigenvalue weighted by molar-refractivity contribution is 0.297. The molecule has 4 rings (SSSR count). The van der Waals surface area contributed by atoms with Gasteiger partial charge in [-0.25, -0.2) is 4.39 Å². The van der Waals surface area contributed by atoms with E-state index in [1.807, 2.05) is 18.2 Å². The first kappa shape index (κ1) is 25.2. The fourth-order valence-electron chi connectivity index (χ4n) is 5.48. The van der Waals surface area contributed by atoms with E-state index in [4.69, 9.17) is 0 Å². The van der Waals surface area contributed by atoms with Crippen molar-refractivity contribution in [1.29, 1.82) is 0 Å². The molecule has 1 saturated carbocycles. The second kappa shape index (κ2) is 12.7. The third kappa shape index (κ3) is 7.28.